The second-order valence-electron chi connectivity index (χ2n) is 6.39. The van der Waals surface area contributed by atoms with Crippen LogP contribution in [0, 0.1) is 0 Å². The average molecular weight is 368 g/mol. The molecule has 3 aromatic rings. The predicted molar refractivity (Wildman–Crippen MR) is 104 cm³/mol. The van der Waals surface area contributed by atoms with E-state index in [-0.39, 0.29) is 18.0 Å². The topological polar surface area (TPSA) is 67.2 Å². The molecule has 1 N–H and O–H groups in total. The molecule has 1 amide bonds. The van der Waals surface area contributed by atoms with Crippen molar-refractivity contribution in [2.24, 2.45) is 0 Å². The van der Waals surface area contributed by atoms with Gasteiger partial charge < -0.3 is 10.2 Å². The maximum absolute atomic E-state index is 12.3. The number of carbonyl (C=O) groups excluding carboxylic acids is 1. The molecule has 0 bridgehead atoms. The molecule has 0 saturated carbocycles. The Balaban J connectivity index is 1.35. The van der Waals surface area contributed by atoms with Crippen LogP contribution in [-0.2, 0) is 17.8 Å². The standard InChI is InChI=1S/C19H20N4O2S/c24-17(12-23-13-21-18-15(19(23)25)7-11-26-18)20-8-10-22-9-3-5-14-4-1-2-6-16(14)22/h1-2,4,6-7,11,13H,3,5,8-10,12H2,(H,20,24). The Bertz CT molecular complexity index is 994. The van der Waals surface area contributed by atoms with E-state index in [1.54, 1.807) is 6.07 Å². The largest absolute Gasteiger partial charge is 0.370 e. The van der Waals surface area contributed by atoms with E-state index in [4.69, 9.17) is 0 Å². The molecule has 0 unspecified atom stereocenters. The molecular weight excluding hydrogens is 348 g/mol. The zero-order valence-electron chi connectivity index (χ0n) is 14.4. The van der Waals surface area contributed by atoms with Gasteiger partial charge in [0, 0.05) is 25.3 Å². The minimum absolute atomic E-state index is 0.00575. The number of nitrogens with one attached hydrogen (secondary N) is 1. The van der Waals surface area contributed by atoms with Gasteiger partial charge in [0.2, 0.25) is 5.91 Å². The third-order valence-corrected chi connectivity index (χ3v) is 5.50. The van der Waals surface area contributed by atoms with Crippen molar-refractivity contribution in [2.45, 2.75) is 19.4 Å². The van der Waals surface area contributed by atoms with E-state index in [0.717, 1.165) is 25.9 Å². The van der Waals surface area contributed by atoms with E-state index in [9.17, 15) is 9.59 Å². The third kappa shape index (κ3) is 3.35. The van der Waals surface area contributed by atoms with Crippen LogP contribution in [0.3, 0.4) is 0 Å². The van der Waals surface area contributed by atoms with E-state index < -0.39 is 0 Å². The van der Waals surface area contributed by atoms with Crippen LogP contribution in [0.1, 0.15) is 12.0 Å². The van der Waals surface area contributed by atoms with Crippen molar-refractivity contribution in [1.82, 2.24) is 14.9 Å². The van der Waals surface area contributed by atoms with Gasteiger partial charge in [-0.15, -0.1) is 11.3 Å². The normalized spacial score (nSPS) is 13.6. The highest BCUT2D eigenvalue weighted by Crippen LogP contribution is 2.25. The Morgan fingerprint density at radius 3 is 3.08 bits per heavy atom. The van der Waals surface area contributed by atoms with Gasteiger partial charge in [-0.25, -0.2) is 4.98 Å². The zero-order chi connectivity index (χ0) is 17.9. The summed E-state index contributed by atoms with van der Waals surface area (Å²) in [6, 6.07) is 10.2. The number of benzene rings is 1. The second-order valence-corrected chi connectivity index (χ2v) is 7.28. The lowest BCUT2D eigenvalue weighted by molar-refractivity contribution is -0.121. The van der Waals surface area contributed by atoms with Crippen LogP contribution in [0.2, 0.25) is 0 Å². The van der Waals surface area contributed by atoms with E-state index in [0.29, 0.717) is 16.8 Å². The number of para-hydroxylation sites is 1. The summed E-state index contributed by atoms with van der Waals surface area (Å²) < 4.78 is 1.36. The Labute approximate surface area is 155 Å². The van der Waals surface area contributed by atoms with Gasteiger partial charge in [0.25, 0.3) is 5.56 Å². The van der Waals surface area contributed by atoms with Gasteiger partial charge in [0.15, 0.2) is 0 Å². The van der Waals surface area contributed by atoms with Gasteiger partial charge in [-0.2, -0.15) is 0 Å². The van der Waals surface area contributed by atoms with E-state index >= 15 is 0 Å². The molecule has 1 aliphatic heterocycles. The number of amides is 1. The summed E-state index contributed by atoms with van der Waals surface area (Å²) in [5, 5.41) is 5.31. The number of anilines is 1. The lowest BCUT2D eigenvalue weighted by atomic mass is 10.0. The maximum Gasteiger partial charge on any atom is 0.262 e. The molecule has 1 aromatic carbocycles. The van der Waals surface area contributed by atoms with Crippen molar-refractivity contribution in [3.05, 3.63) is 58.0 Å². The Morgan fingerprint density at radius 1 is 1.27 bits per heavy atom. The first-order chi connectivity index (χ1) is 12.7. The summed E-state index contributed by atoms with van der Waals surface area (Å²) in [7, 11) is 0. The summed E-state index contributed by atoms with van der Waals surface area (Å²) in [6.45, 7) is 2.31. The van der Waals surface area contributed by atoms with Crippen molar-refractivity contribution in [3.8, 4) is 0 Å². The van der Waals surface area contributed by atoms with Crippen molar-refractivity contribution < 1.29 is 4.79 Å². The molecule has 26 heavy (non-hydrogen) atoms. The lowest BCUT2D eigenvalue weighted by Crippen LogP contribution is -2.39. The number of hydrogen-bond acceptors (Lipinski definition) is 5. The average Bonchev–Trinajstić information content (AvgIpc) is 3.14. The molecule has 0 atom stereocenters. The molecule has 0 fully saturated rings. The Morgan fingerprint density at radius 2 is 2.15 bits per heavy atom. The molecule has 7 heteroatoms. The smallest absolute Gasteiger partial charge is 0.262 e. The first kappa shape index (κ1) is 16.8. The fraction of sp³-hybridized carbons (Fsp3) is 0.316. The van der Waals surface area contributed by atoms with Gasteiger partial charge in [-0.05, 0) is 35.9 Å². The van der Waals surface area contributed by atoms with Crippen molar-refractivity contribution in [1.29, 1.82) is 0 Å². The van der Waals surface area contributed by atoms with Gasteiger partial charge in [-0.3, -0.25) is 14.2 Å². The molecule has 0 spiro atoms. The molecule has 0 radical (unpaired) electrons. The van der Waals surface area contributed by atoms with Gasteiger partial charge in [0.05, 0.1) is 11.7 Å². The summed E-state index contributed by atoms with van der Waals surface area (Å²) in [5.74, 6) is -0.172. The Hall–Kier alpha value is -2.67. The molecule has 134 valence electrons. The number of thiophene rings is 1. The summed E-state index contributed by atoms with van der Waals surface area (Å²) in [5.41, 5.74) is 2.46. The minimum Gasteiger partial charge on any atom is -0.370 e. The van der Waals surface area contributed by atoms with Crippen LogP contribution in [0.15, 0.2) is 46.8 Å². The van der Waals surface area contributed by atoms with Gasteiger partial charge in [-0.1, -0.05) is 18.2 Å². The van der Waals surface area contributed by atoms with Crippen LogP contribution in [-0.4, -0.2) is 35.1 Å². The number of aryl methyl sites for hydroxylation is 1. The Kier molecular flexibility index (Phi) is 4.71. The SMILES string of the molecule is O=C(Cn1cnc2sccc2c1=O)NCCN1CCCc2ccccc21. The van der Waals surface area contributed by atoms with Crippen molar-refractivity contribution >= 4 is 33.1 Å². The number of carbonyl (C=O) groups is 1. The fourth-order valence-electron chi connectivity index (χ4n) is 3.39. The fourth-order valence-corrected chi connectivity index (χ4v) is 4.11. The predicted octanol–water partition coefficient (Wildman–Crippen LogP) is 2.03. The quantitative estimate of drug-likeness (QED) is 0.748. The molecule has 1 aliphatic rings. The second kappa shape index (κ2) is 7.29. The maximum atomic E-state index is 12.3. The summed E-state index contributed by atoms with van der Waals surface area (Å²) in [6.07, 6.45) is 3.69. The van der Waals surface area contributed by atoms with Crippen molar-refractivity contribution in [3.63, 3.8) is 0 Å². The summed E-state index contributed by atoms with van der Waals surface area (Å²) in [4.78, 5) is 31.8. The molecule has 2 aromatic heterocycles. The summed E-state index contributed by atoms with van der Waals surface area (Å²) >= 11 is 1.42. The molecular formula is C19H20N4O2S. The van der Waals surface area contributed by atoms with E-state index in [1.807, 2.05) is 5.38 Å². The number of nitrogens with zero attached hydrogens (tertiary/aromatic N) is 3. The zero-order valence-corrected chi connectivity index (χ0v) is 15.2. The van der Waals surface area contributed by atoms with Crippen LogP contribution >= 0.6 is 11.3 Å². The number of rotatable bonds is 5. The first-order valence-electron chi connectivity index (χ1n) is 8.74. The van der Waals surface area contributed by atoms with E-state index in [1.165, 1.54) is 33.5 Å². The first-order valence-corrected chi connectivity index (χ1v) is 9.62. The number of aromatic nitrogens is 2. The monoisotopic (exact) mass is 368 g/mol. The molecule has 4 rings (SSSR count). The molecule has 0 saturated heterocycles. The number of fused-ring (bicyclic) bond motifs is 2. The highest BCUT2D eigenvalue weighted by atomic mass is 32.1. The van der Waals surface area contributed by atoms with Gasteiger partial charge >= 0.3 is 0 Å². The van der Waals surface area contributed by atoms with Crippen LogP contribution in [0.5, 0.6) is 0 Å². The third-order valence-electron chi connectivity index (χ3n) is 4.67. The van der Waals surface area contributed by atoms with E-state index in [2.05, 4.69) is 39.5 Å². The number of hydrogen-bond donors (Lipinski definition) is 1. The molecule has 6 nitrogen and oxygen atoms in total. The van der Waals surface area contributed by atoms with Crippen molar-refractivity contribution in [2.75, 3.05) is 24.5 Å². The highest BCUT2D eigenvalue weighted by molar-refractivity contribution is 7.16. The molecule has 3 heterocycles. The lowest BCUT2D eigenvalue weighted by Gasteiger charge is -2.31. The minimum atomic E-state index is -0.172. The van der Waals surface area contributed by atoms with Crippen LogP contribution in [0.4, 0.5) is 5.69 Å². The van der Waals surface area contributed by atoms with Crippen LogP contribution < -0.4 is 15.8 Å². The highest BCUT2D eigenvalue weighted by Gasteiger charge is 2.16. The van der Waals surface area contributed by atoms with Crippen LogP contribution in [0.25, 0.3) is 10.2 Å². The molecule has 0 aliphatic carbocycles. The van der Waals surface area contributed by atoms with Gasteiger partial charge in [0.1, 0.15) is 11.4 Å².